The quantitative estimate of drug-likeness (QED) is 0.623. The van der Waals surface area contributed by atoms with Crippen LogP contribution >= 0.6 is 11.6 Å². The summed E-state index contributed by atoms with van der Waals surface area (Å²) in [5.74, 6) is -1.59. The van der Waals surface area contributed by atoms with Crippen molar-refractivity contribution in [1.82, 2.24) is 0 Å². The Morgan fingerprint density at radius 3 is 2.56 bits per heavy atom. The first-order valence-electron chi connectivity index (χ1n) is 4.20. The van der Waals surface area contributed by atoms with Gasteiger partial charge in [-0.1, -0.05) is 17.7 Å². The van der Waals surface area contributed by atoms with Crippen molar-refractivity contribution in [2.24, 2.45) is 0 Å². The summed E-state index contributed by atoms with van der Waals surface area (Å²) in [4.78, 5) is 20.5. The third-order valence-corrected chi connectivity index (χ3v) is 2.56. The molecule has 0 fully saturated rings. The number of carbonyl (C=O) groups is 1. The summed E-state index contributed by atoms with van der Waals surface area (Å²) >= 11 is 5.75. The van der Waals surface area contributed by atoms with Crippen LogP contribution in [0.15, 0.2) is 12.1 Å². The number of rotatable bonds is 3. The predicted octanol–water partition coefficient (Wildman–Crippen LogP) is 1.67. The zero-order valence-corrected chi connectivity index (χ0v) is 8.93. The second-order valence-corrected chi connectivity index (χ2v) is 3.51. The second kappa shape index (κ2) is 4.46. The van der Waals surface area contributed by atoms with E-state index in [1.54, 1.807) is 6.92 Å². The van der Waals surface area contributed by atoms with Gasteiger partial charge in [-0.05, 0) is 12.5 Å². The molecule has 1 unspecified atom stereocenters. The average molecular weight is 246 g/mol. The van der Waals surface area contributed by atoms with Crippen molar-refractivity contribution in [1.29, 1.82) is 0 Å². The zero-order chi connectivity index (χ0) is 12.5. The van der Waals surface area contributed by atoms with Crippen molar-refractivity contribution in [3.8, 4) is 0 Å². The lowest BCUT2D eigenvalue weighted by Gasteiger charge is -2.10. The second-order valence-electron chi connectivity index (χ2n) is 3.13. The Bertz CT molecular complexity index is 459. The van der Waals surface area contributed by atoms with Crippen molar-refractivity contribution >= 4 is 23.3 Å². The van der Waals surface area contributed by atoms with Crippen LogP contribution in [0.3, 0.4) is 0 Å². The third kappa shape index (κ3) is 2.12. The first-order chi connectivity index (χ1) is 7.36. The molecule has 0 aliphatic rings. The molecule has 1 aromatic rings. The van der Waals surface area contributed by atoms with Crippen LogP contribution in [0.5, 0.6) is 0 Å². The highest BCUT2D eigenvalue weighted by molar-refractivity contribution is 6.32. The number of nitro benzene ring substituents is 1. The van der Waals surface area contributed by atoms with E-state index in [0.29, 0.717) is 5.56 Å². The fourth-order valence-corrected chi connectivity index (χ4v) is 1.50. The van der Waals surface area contributed by atoms with E-state index in [4.69, 9.17) is 16.7 Å². The van der Waals surface area contributed by atoms with Crippen LogP contribution in [-0.2, 0) is 4.79 Å². The molecule has 86 valence electrons. The lowest BCUT2D eigenvalue weighted by atomic mass is 10.0. The van der Waals surface area contributed by atoms with Crippen LogP contribution in [0.25, 0.3) is 0 Å². The minimum Gasteiger partial charge on any atom is -0.479 e. The predicted molar refractivity (Wildman–Crippen MR) is 55.4 cm³/mol. The van der Waals surface area contributed by atoms with Gasteiger partial charge in [0.1, 0.15) is 0 Å². The molecule has 0 aromatic heterocycles. The Hall–Kier alpha value is -1.66. The van der Waals surface area contributed by atoms with Gasteiger partial charge >= 0.3 is 5.97 Å². The number of hydrogen-bond donors (Lipinski definition) is 2. The van der Waals surface area contributed by atoms with Gasteiger partial charge in [0.25, 0.3) is 5.69 Å². The van der Waals surface area contributed by atoms with Gasteiger partial charge in [-0.2, -0.15) is 0 Å². The van der Waals surface area contributed by atoms with Crippen molar-refractivity contribution in [3.63, 3.8) is 0 Å². The van der Waals surface area contributed by atoms with Crippen molar-refractivity contribution < 1.29 is 19.9 Å². The number of carboxylic acid groups (broad SMARTS) is 1. The SMILES string of the molecule is Cc1ccc([N+](=O)[O-])c(C(O)C(=O)O)c1Cl. The monoisotopic (exact) mass is 245 g/mol. The van der Waals surface area contributed by atoms with E-state index in [-0.39, 0.29) is 10.6 Å². The van der Waals surface area contributed by atoms with Crippen molar-refractivity contribution in [2.75, 3.05) is 0 Å². The summed E-state index contributed by atoms with van der Waals surface area (Å²) in [7, 11) is 0. The van der Waals surface area contributed by atoms with Crippen LogP contribution in [0.4, 0.5) is 5.69 Å². The summed E-state index contributed by atoms with van der Waals surface area (Å²) in [6.07, 6.45) is -2.01. The molecule has 0 bridgehead atoms. The van der Waals surface area contributed by atoms with Gasteiger partial charge in [-0.15, -0.1) is 0 Å². The van der Waals surface area contributed by atoms with Crippen molar-refractivity contribution in [3.05, 3.63) is 38.4 Å². The highest BCUT2D eigenvalue weighted by Crippen LogP contribution is 2.34. The Morgan fingerprint density at radius 1 is 1.56 bits per heavy atom. The largest absolute Gasteiger partial charge is 0.479 e. The van der Waals surface area contributed by atoms with E-state index in [9.17, 15) is 20.0 Å². The van der Waals surface area contributed by atoms with E-state index in [0.717, 1.165) is 6.07 Å². The average Bonchev–Trinajstić information content (AvgIpc) is 2.20. The van der Waals surface area contributed by atoms with Gasteiger partial charge in [0.2, 0.25) is 0 Å². The number of nitro groups is 1. The first kappa shape index (κ1) is 12.4. The summed E-state index contributed by atoms with van der Waals surface area (Å²) in [5, 5.41) is 28.5. The smallest absolute Gasteiger partial charge is 0.337 e. The maximum absolute atomic E-state index is 10.7. The number of halogens is 1. The molecule has 0 radical (unpaired) electrons. The zero-order valence-electron chi connectivity index (χ0n) is 8.18. The number of carboxylic acids is 1. The van der Waals surface area contributed by atoms with Crippen LogP contribution in [0, 0.1) is 17.0 Å². The minimum absolute atomic E-state index is 0.107. The fraction of sp³-hybridized carbons (Fsp3) is 0.222. The molecule has 16 heavy (non-hydrogen) atoms. The Labute approximate surface area is 95.2 Å². The maximum atomic E-state index is 10.7. The molecule has 0 spiro atoms. The minimum atomic E-state index is -2.01. The first-order valence-corrected chi connectivity index (χ1v) is 4.58. The summed E-state index contributed by atoms with van der Waals surface area (Å²) in [5.41, 5.74) is -0.438. The normalized spacial score (nSPS) is 12.2. The molecule has 0 saturated carbocycles. The third-order valence-electron chi connectivity index (χ3n) is 2.05. The molecule has 7 heteroatoms. The lowest BCUT2D eigenvalue weighted by Crippen LogP contribution is -2.13. The van der Waals surface area contributed by atoms with E-state index in [1.165, 1.54) is 6.07 Å². The van der Waals surface area contributed by atoms with E-state index < -0.39 is 22.7 Å². The molecular formula is C9H8ClNO5. The van der Waals surface area contributed by atoms with Crippen LogP contribution in [0.2, 0.25) is 5.02 Å². The van der Waals surface area contributed by atoms with E-state index in [2.05, 4.69) is 0 Å². The van der Waals surface area contributed by atoms with Crippen molar-refractivity contribution in [2.45, 2.75) is 13.0 Å². The molecule has 0 aliphatic heterocycles. The fourth-order valence-electron chi connectivity index (χ4n) is 1.23. The Balaban J connectivity index is 3.49. The number of hydrogen-bond acceptors (Lipinski definition) is 4. The van der Waals surface area contributed by atoms with Gasteiger partial charge in [0.05, 0.1) is 15.5 Å². The number of aliphatic carboxylic acids is 1. The topological polar surface area (TPSA) is 101 Å². The number of aliphatic hydroxyl groups excluding tert-OH is 1. The molecule has 1 rings (SSSR count). The number of aryl methyl sites for hydroxylation is 1. The maximum Gasteiger partial charge on any atom is 0.337 e. The molecule has 0 heterocycles. The summed E-state index contributed by atoms with van der Waals surface area (Å²) in [6, 6.07) is 2.50. The molecule has 0 aliphatic carbocycles. The van der Waals surface area contributed by atoms with E-state index in [1.807, 2.05) is 0 Å². The van der Waals surface area contributed by atoms with Crippen LogP contribution in [-0.4, -0.2) is 21.1 Å². The lowest BCUT2D eigenvalue weighted by molar-refractivity contribution is -0.386. The number of benzene rings is 1. The summed E-state index contributed by atoms with van der Waals surface area (Å²) < 4.78 is 0. The molecule has 0 saturated heterocycles. The molecular weight excluding hydrogens is 238 g/mol. The Morgan fingerprint density at radius 2 is 2.12 bits per heavy atom. The van der Waals surface area contributed by atoms with Gasteiger partial charge in [-0.3, -0.25) is 10.1 Å². The van der Waals surface area contributed by atoms with Gasteiger partial charge in [0.15, 0.2) is 6.10 Å². The highest BCUT2D eigenvalue weighted by atomic mass is 35.5. The molecule has 6 nitrogen and oxygen atoms in total. The standard InChI is InChI=1S/C9H8ClNO5/c1-4-2-3-5(11(15)16)6(7(4)10)8(12)9(13)14/h2-3,8,12H,1H3,(H,13,14). The number of nitrogens with zero attached hydrogens (tertiary/aromatic N) is 1. The molecule has 2 N–H and O–H groups in total. The van der Waals surface area contributed by atoms with Gasteiger partial charge in [-0.25, -0.2) is 4.79 Å². The molecule has 0 amide bonds. The van der Waals surface area contributed by atoms with Gasteiger partial charge < -0.3 is 10.2 Å². The van der Waals surface area contributed by atoms with Gasteiger partial charge in [0, 0.05) is 6.07 Å². The molecule has 1 aromatic carbocycles. The summed E-state index contributed by atoms with van der Waals surface area (Å²) in [6.45, 7) is 1.56. The Kier molecular flexibility index (Phi) is 3.46. The highest BCUT2D eigenvalue weighted by Gasteiger charge is 2.29. The van der Waals surface area contributed by atoms with Crippen LogP contribution < -0.4 is 0 Å². The van der Waals surface area contributed by atoms with E-state index >= 15 is 0 Å². The number of aliphatic hydroxyl groups is 1. The molecule has 1 atom stereocenters. The van der Waals surface area contributed by atoms with Crippen LogP contribution in [0.1, 0.15) is 17.2 Å².